The summed E-state index contributed by atoms with van der Waals surface area (Å²) < 4.78 is 1.34. The number of aromatic nitrogens is 3. The molecule has 0 atom stereocenters. The molecule has 0 aromatic carbocycles. The summed E-state index contributed by atoms with van der Waals surface area (Å²) in [6.07, 6.45) is 1.88. The maximum atomic E-state index is 9.34. The van der Waals surface area contributed by atoms with Crippen molar-refractivity contribution in [2.45, 2.75) is 13.8 Å². The van der Waals surface area contributed by atoms with Crippen molar-refractivity contribution < 1.29 is 5.11 Å². The van der Waals surface area contributed by atoms with E-state index in [0.717, 1.165) is 5.57 Å². The first-order chi connectivity index (χ1) is 5.16. The van der Waals surface area contributed by atoms with Gasteiger partial charge in [0.15, 0.2) is 5.69 Å². The Hall–Kier alpha value is -1.32. The van der Waals surface area contributed by atoms with Crippen LogP contribution in [-0.2, 0) is 7.05 Å². The molecule has 1 rings (SSSR count). The Morgan fingerprint density at radius 1 is 1.64 bits per heavy atom. The highest BCUT2D eigenvalue weighted by Crippen LogP contribution is 2.19. The van der Waals surface area contributed by atoms with Gasteiger partial charge in [-0.05, 0) is 19.4 Å². The second-order valence-corrected chi connectivity index (χ2v) is 2.36. The molecule has 4 heteroatoms. The molecule has 0 unspecified atom stereocenters. The minimum absolute atomic E-state index is 0.112. The topological polar surface area (TPSA) is 50.9 Å². The molecule has 0 aliphatic carbocycles. The molecule has 0 aliphatic heterocycles. The number of rotatable bonds is 1. The smallest absolute Gasteiger partial charge is 0.237 e. The van der Waals surface area contributed by atoms with Crippen LogP contribution in [0.15, 0.2) is 6.08 Å². The Bertz CT molecular complexity index is 288. The third-order valence-corrected chi connectivity index (χ3v) is 1.60. The largest absolute Gasteiger partial charge is 0.492 e. The van der Waals surface area contributed by atoms with Crippen LogP contribution >= 0.6 is 0 Å². The summed E-state index contributed by atoms with van der Waals surface area (Å²) in [7, 11) is 1.65. The maximum absolute atomic E-state index is 9.34. The quantitative estimate of drug-likeness (QED) is 0.653. The number of hydrogen-bond acceptors (Lipinski definition) is 3. The van der Waals surface area contributed by atoms with Crippen molar-refractivity contribution in [3.8, 4) is 5.88 Å². The summed E-state index contributed by atoms with van der Waals surface area (Å²) in [6, 6.07) is 0. The lowest BCUT2D eigenvalue weighted by molar-refractivity contribution is 0.417. The van der Waals surface area contributed by atoms with Crippen LogP contribution in [0.5, 0.6) is 5.88 Å². The fourth-order valence-corrected chi connectivity index (χ4v) is 0.744. The van der Waals surface area contributed by atoms with Crippen LogP contribution < -0.4 is 0 Å². The molecule has 0 amide bonds. The highest BCUT2D eigenvalue weighted by Gasteiger charge is 2.08. The summed E-state index contributed by atoms with van der Waals surface area (Å²) >= 11 is 0. The predicted molar refractivity (Wildman–Crippen MR) is 42.0 cm³/mol. The number of allylic oxidation sites excluding steroid dienone is 2. The molecular formula is C7H11N3O. The van der Waals surface area contributed by atoms with Gasteiger partial charge in [-0.2, -0.15) is 0 Å². The standard InChI is InChI=1S/C7H11N3O/c1-4-5(2)6-7(11)10(3)9-8-6/h4,11H,1-3H3/b5-4-. The molecule has 0 fully saturated rings. The van der Waals surface area contributed by atoms with Gasteiger partial charge in [-0.25, -0.2) is 4.68 Å². The molecule has 1 aromatic heterocycles. The van der Waals surface area contributed by atoms with Gasteiger partial charge >= 0.3 is 0 Å². The minimum Gasteiger partial charge on any atom is -0.492 e. The van der Waals surface area contributed by atoms with Crippen LogP contribution in [0, 0.1) is 0 Å². The molecule has 0 aliphatic rings. The molecule has 0 radical (unpaired) electrons. The number of aryl methyl sites for hydroxylation is 1. The number of aromatic hydroxyl groups is 1. The third-order valence-electron chi connectivity index (χ3n) is 1.60. The SMILES string of the molecule is C/C=C(/C)c1nnn(C)c1O. The van der Waals surface area contributed by atoms with Gasteiger partial charge in [-0.1, -0.05) is 11.3 Å². The van der Waals surface area contributed by atoms with E-state index in [1.165, 1.54) is 4.68 Å². The van der Waals surface area contributed by atoms with Crippen LogP contribution in [0.4, 0.5) is 0 Å². The van der Waals surface area contributed by atoms with E-state index < -0.39 is 0 Å². The molecule has 0 saturated heterocycles. The zero-order valence-corrected chi connectivity index (χ0v) is 6.87. The van der Waals surface area contributed by atoms with E-state index in [4.69, 9.17) is 0 Å². The lowest BCUT2D eigenvalue weighted by Gasteiger charge is -1.94. The molecule has 1 N–H and O–H groups in total. The average molecular weight is 153 g/mol. The number of nitrogens with zero attached hydrogens (tertiary/aromatic N) is 3. The summed E-state index contributed by atoms with van der Waals surface area (Å²) in [4.78, 5) is 0. The molecule has 0 saturated carbocycles. The molecule has 60 valence electrons. The van der Waals surface area contributed by atoms with Crippen molar-refractivity contribution >= 4 is 5.57 Å². The number of hydrogen-bond donors (Lipinski definition) is 1. The Morgan fingerprint density at radius 2 is 2.27 bits per heavy atom. The van der Waals surface area contributed by atoms with E-state index in [9.17, 15) is 5.11 Å². The van der Waals surface area contributed by atoms with E-state index in [0.29, 0.717) is 5.69 Å². The molecule has 1 heterocycles. The van der Waals surface area contributed by atoms with Crippen molar-refractivity contribution in [2.24, 2.45) is 7.05 Å². The van der Waals surface area contributed by atoms with Gasteiger partial charge in [0.1, 0.15) is 0 Å². The van der Waals surface area contributed by atoms with Crippen LogP contribution in [0.1, 0.15) is 19.5 Å². The molecular weight excluding hydrogens is 142 g/mol. The summed E-state index contributed by atoms with van der Waals surface area (Å²) in [5.74, 6) is 0.112. The Labute approximate surface area is 65.2 Å². The summed E-state index contributed by atoms with van der Waals surface area (Å²) in [6.45, 7) is 3.77. The molecule has 4 nitrogen and oxygen atoms in total. The van der Waals surface area contributed by atoms with Crippen LogP contribution in [0.25, 0.3) is 5.57 Å². The van der Waals surface area contributed by atoms with E-state index in [-0.39, 0.29) is 5.88 Å². The van der Waals surface area contributed by atoms with Crippen LogP contribution in [0.3, 0.4) is 0 Å². The van der Waals surface area contributed by atoms with Crippen LogP contribution in [-0.4, -0.2) is 20.1 Å². The van der Waals surface area contributed by atoms with Crippen molar-refractivity contribution in [1.29, 1.82) is 0 Å². The highest BCUT2D eigenvalue weighted by atomic mass is 16.3. The average Bonchev–Trinajstić information content (AvgIpc) is 2.32. The van der Waals surface area contributed by atoms with E-state index in [1.54, 1.807) is 7.05 Å². The fraction of sp³-hybridized carbons (Fsp3) is 0.429. The normalized spacial score (nSPS) is 12.1. The van der Waals surface area contributed by atoms with Crippen molar-refractivity contribution in [3.63, 3.8) is 0 Å². The first-order valence-electron chi connectivity index (χ1n) is 3.38. The zero-order valence-electron chi connectivity index (χ0n) is 6.87. The Morgan fingerprint density at radius 3 is 2.64 bits per heavy atom. The third kappa shape index (κ3) is 1.24. The molecule has 0 bridgehead atoms. The van der Waals surface area contributed by atoms with E-state index >= 15 is 0 Å². The summed E-state index contributed by atoms with van der Waals surface area (Å²) in [5, 5.41) is 16.8. The van der Waals surface area contributed by atoms with Gasteiger partial charge in [0.2, 0.25) is 5.88 Å². The Kier molecular flexibility index (Phi) is 1.94. The second kappa shape index (κ2) is 2.74. The second-order valence-electron chi connectivity index (χ2n) is 2.36. The van der Waals surface area contributed by atoms with Crippen molar-refractivity contribution in [2.75, 3.05) is 0 Å². The van der Waals surface area contributed by atoms with Gasteiger partial charge in [0.05, 0.1) is 0 Å². The van der Waals surface area contributed by atoms with Gasteiger partial charge in [0.25, 0.3) is 0 Å². The summed E-state index contributed by atoms with van der Waals surface area (Å²) in [5.41, 5.74) is 1.48. The van der Waals surface area contributed by atoms with Gasteiger partial charge in [-0.15, -0.1) is 5.10 Å². The lowest BCUT2D eigenvalue weighted by atomic mass is 10.2. The monoisotopic (exact) mass is 153 g/mol. The lowest BCUT2D eigenvalue weighted by Crippen LogP contribution is -1.88. The molecule has 11 heavy (non-hydrogen) atoms. The fourth-order valence-electron chi connectivity index (χ4n) is 0.744. The minimum atomic E-state index is 0.112. The van der Waals surface area contributed by atoms with Gasteiger partial charge in [-0.3, -0.25) is 0 Å². The molecule has 1 aromatic rings. The maximum Gasteiger partial charge on any atom is 0.237 e. The van der Waals surface area contributed by atoms with Crippen molar-refractivity contribution in [1.82, 2.24) is 15.0 Å². The van der Waals surface area contributed by atoms with Crippen LogP contribution in [0.2, 0.25) is 0 Å². The van der Waals surface area contributed by atoms with Crippen molar-refractivity contribution in [3.05, 3.63) is 11.8 Å². The van der Waals surface area contributed by atoms with Gasteiger partial charge < -0.3 is 5.11 Å². The highest BCUT2D eigenvalue weighted by molar-refractivity contribution is 5.63. The first kappa shape index (κ1) is 7.78. The van der Waals surface area contributed by atoms with E-state index in [2.05, 4.69) is 10.3 Å². The van der Waals surface area contributed by atoms with Gasteiger partial charge in [0, 0.05) is 7.05 Å². The predicted octanol–water partition coefficient (Wildman–Crippen LogP) is 0.944. The zero-order chi connectivity index (χ0) is 8.43. The first-order valence-corrected chi connectivity index (χ1v) is 3.38. The molecule has 0 spiro atoms. The van der Waals surface area contributed by atoms with E-state index in [1.807, 2.05) is 19.9 Å². The Balaban J connectivity index is 3.15.